The fourth-order valence-electron chi connectivity index (χ4n) is 2.78. The SMILES string of the molecule is C1=CC2C=Cc3c(sc4ccccc34)C2C=C1. The summed E-state index contributed by atoms with van der Waals surface area (Å²) >= 11 is 1.95. The highest BCUT2D eigenvalue weighted by atomic mass is 32.1. The monoisotopic (exact) mass is 236 g/mol. The van der Waals surface area contributed by atoms with E-state index in [1.165, 1.54) is 20.5 Å². The molecule has 0 radical (unpaired) electrons. The Kier molecular flexibility index (Phi) is 1.91. The van der Waals surface area contributed by atoms with Crippen LogP contribution in [0.1, 0.15) is 16.4 Å². The Hall–Kier alpha value is -1.60. The third kappa shape index (κ3) is 1.29. The second-order valence-corrected chi connectivity index (χ2v) is 5.69. The van der Waals surface area contributed by atoms with Crippen molar-refractivity contribution in [2.75, 3.05) is 0 Å². The van der Waals surface area contributed by atoms with Crippen molar-refractivity contribution in [3.63, 3.8) is 0 Å². The molecule has 2 atom stereocenters. The summed E-state index contributed by atoms with van der Waals surface area (Å²) in [7, 11) is 0. The van der Waals surface area contributed by atoms with E-state index in [9.17, 15) is 0 Å². The predicted molar refractivity (Wildman–Crippen MR) is 75.4 cm³/mol. The van der Waals surface area contributed by atoms with Crippen LogP contribution in [0.15, 0.2) is 54.6 Å². The van der Waals surface area contributed by atoms with E-state index in [1.807, 2.05) is 11.3 Å². The maximum Gasteiger partial charge on any atom is 0.0352 e. The molecule has 2 aliphatic carbocycles. The number of rotatable bonds is 0. The van der Waals surface area contributed by atoms with Crippen molar-refractivity contribution in [3.05, 3.63) is 65.1 Å². The van der Waals surface area contributed by atoms with Crippen molar-refractivity contribution in [1.82, 2.24) is 0 Å². The minimum Gasteiger partial charge on any atom is -0.139 e. The lowest BCUT2D eigenvalue weighted by Gasteiger charge is -2.24. The molecule has 82 valence electrons. The van der Waals surface area contributed by atoms with Crippen LogP contribution >= 0.6 is 11.3 Å². The average molecular weight is 236 g/mol. The van der Waals surface area contributed by atoms with Gasteiger partial charge < -0.3 is 0 Å². The lowest BCUT2D eigenvalue weighted by atomic mass is 9.81. The van der Waals surface area contributed by atoms with Crippen molar-refractivity contribution in [2.24, 2.45) is 5.92 Å². The van der Waals surface area contributed by atoms with Crippen LogP contribution in [-0.2, 0) is 0 Å². The number of benzene rings is 1. The Balaban J connectivity index is 2.01. The zero-order valence-corrected chi connectivity index (χ0v) is 10.2. The van der Waals surface area contributed by atoms with Crippen LogP contribution in [0.25, 0.3) is 16.2 Å². The molecule has 0 saturated heterocycles. The molecule has 17 heavy (non-hydrogen) atoms. The molecule has 2 aliphatic rings. The van der Waals surface area contributed by atoms with Gasteiger partial charge >= 0.3 is 0 Å². The van der Waals surface area contributed by atoms with Gasteiger partial charge in [-0.05, 0) is 17.0 Å². The first-order chi connectivity index (χ1) is 8.43. The van der Waals surface area contributed by atoms with Crippen LogP contribution in [0.3, 0.4) is 0 Å². The van der Waals surface area contributed by atoms with Gasteiger partial charge in [-0.25, -0.2) is 0 Å². The van der Waals surface area contributed by atoms with E-state index in [4.69, 9.17) is 0 Å². The summed E-state index contributed by atoms with van der Waals surface area (Å²) in [5.74, 6) is 1.11. The molecule has 1 heteroatoms. The van der Waals surface area contributed by atoms with Gasteiger partial charge in [-0.2, -0.15) is 0 Å². The highest BCUT2D eigenvalue weighted by Gasteiger charge is 2.26. The van der Waals surface area contributed by atoms with Crippen molar-refractivity contribution in [3.8, 4) is 0 Å². The quantitative estimate of drug-likeness (QED) is 0.619. The molecular weight excluding hydrogens is 224 g/mol. The summed E-state index contributed by atoms with van der Waals surface area (Å²) in [5, 5.41) is 1.41. The first kappa shape index (κ1) is 9.43. The standard InChI is InChI=1S/C16H12S/c1-2-6-12-11(5-1)9-10-14-13-7-3-4-8-15(13)17-16(12)14/h1-12H. The summed E-state index contributed by atoms with van der Waals surface area (Å²) in [6.07, 6.45) is 13.6. The van der Waals surface area contributed by atoms with Crippen LogP contribution in [0.4, 0.5) is 0 Å². The van der Waals surface area contributed by atoms with E-state index in [0.717, 1.165) is 0 Å². The summed E-state index contributed by atoms with van der Waals surface area (Å²) in [5.41, 5.74) is 1.44. The molecule has 0 bridgehead atoms. The number of hydrogen-bond donors (Lipinski definition) is 0. The summed E-state index contributed by atoms with van der Waals surface area (Å²) in [4.78, 5) is 1.53. The third-order valence-electron chi connectivity index (χ3n) is 3.63. The number of hydrogen-bond acceptors (Lipinski definition) is 1. The fraction of sp³-hybridized carbons (Fsp3) is 0.125. The molecule has 0 fully saturated rings. The minimum atomic E-state index is 0.553. The fourth-order valence-corrected chi connectivity index (χ4v) is 4.11. The van der Waals surface area contributed by atoms with Crippen molar-refractivity contribution >= 4 is 27.5 Å². The molecule has 2 unspecified atom stereocenters. The van der Waals surface area contributed by atoms with Crippen LogP contribution < -0.4 is 0 Å². The number of thiophene rings is 1. The number of allylic oxidation sites excluding steroid dienone is 5. The van der Waals surface area contributed by atoms with E-state index >= 15 is 0 Å². The molecule has 0 spiro atoms. The van der Waals surface area contributed by atoms with Gasteiger partial charge in [0.15, 0.2) is 0 Å². The molecule has 0 amide bonds. The Bertz CT molecular complexity index is 670. The van der Waals surface area contributed by atoms with E-state index in [-0.39, 0.29) is 0 Å². The maximum absolute atomic E-state index is 2.34. The van der Waals surface area contributed by atoms with Gasteiger partial charge in [-0.3, -0.25) is 0 Å². The predicted octanol–water partition coefficient (Wildman–Crippen LogP) is 4.75. The van der Waals surface area contributed by atoms with Crippen LogP contribution in [0, 0.1) is 5.92 Å². The lowest BCUT2D eigenvalue weighted by Crippen LogP contribution is -2.11. The van der Waals surface area contributed by atoms with Crippen molar-refractivity contribution in [1.29, 1.82) is 0 Å². The molecule has 1 heterocycles. The molecular formula is C16H12S. The maximum atomic E-state index is 2.34. The summed E-state index contributed by atoms with van der Waals surface area (Å²) in [6.45, 7) is 0. The van der Waals surface area contributed by atoms with Gasteiger partial charge in [-0.15, -0.1) is 11.3 Å². The highest BCUT2D eigenvalue weighted by Crippen LogP contribution is 2.45. The van der Waals surface area contributed by atoms with E-state index in [2.05, 4.69) is 60.7 Å². The van der Waals surface area contributed by atoms with Crippen LogP contribution in [-0.4, -0.2) is 0 Å². The zero-order valence-electron chi connectivity index (χ0n) is 9.34. The smallest absolute Gasteiger partial charge is 0.0352 e. The third-order valence-corrected chi connectivity index (χ3v) is 4.92. The number of fused-ring (bicyclic) bond motifs is 5. The largest absolute Gasteiger partial charge is 0.139 e. The first-order valence-electron chi connectivity index (χ1n) is 5.98. The Morgan fingerprint density at radius 1 is 0.941 bits per heavy atom. The van der Waals surface area contributed by atoms with E-state index in [0.29, 0.717) is 11.8 Å². The minimum absolute atomic E-state index is 0.553. The van der Waals surface area contributed by atoms with E-state index in [1.54, 1.807) is 0 Å². The van der Waals surface area contributed by atoms with Gasteiger partial charge in [0.05, 0.1) is 0 Å². The molecule has 2 aromatic rings. The highest BCUT2D eigenvalue weighted by molar-refractivity contribution is 7.19. The average Bonchev–Trinajstić information content (AvgIpc) is 2.78. The molecule has 0 saturated carbocycles. The van der Waals surface area contributed by atoms with E-state index < -0.39 is 0 Å². The Labute approximate surface area is 105 Å². The topological polar surface area (TPSA) is 0 Å². The second kappa shape index (κ2) is 3.44. The van der Waals surface area contributed by atoms with Crippen LogP contribution in [0.5, 0.6) is 0 Å². The molecule has 0 aliphatic heterocycles. The zero-order chi connectivity index (χ0) is 11.2. The summed E-state index contributed by atoms with van der Waals surface area (Å²) in [6, 6.07) is 8.72. The first-order valence-corrected chi connectivity index (χ1v) is 6.80. The van der Waals surface area contributed by atoms with Gasteiger partial charge in [0, 0.05) is 21.4 Å². The Morgan fingerprint density at radius 2 is 1.82 bits per heavy atom. The lowest BCUT2D eigenvalue weighted by molar-refractivity contribution is 0.705. The van der Waals surface area contributed by atoms with Gasteiger partial charge in [0.1, 0.15) is 0 Å². The molecule has 4 rings (SSSR count). The second-order valence-electron chi connectivity index (χ2n) is 4.61. The van der Waals surface area contributed by atoms with Crippen molar-refractivity contribution in [2.45, 2.75) is 5.92 Å². The van der Waals surface area contributed by atoms with Gasteiger partial charge in [0.2, 0.25) is 0 Å². The molecule has 1 aromatic carbocycles. The molecule has 0 nitrogen and oxygen atoms in total. The van der Waals surface area contributed by atoms with Crippen LogP contribution in [0.2, 0.25) is 0 Å². The van der Waals surface area contributed by atoms with Gasteiger partial charge in [-0.1, -0.05) is 54.7 Å². The molecule has 0 N–H and O–H groups in total. The Morgan fingerprint density at radius 3 is 2.82 bits per heavy atom. The molecule has 1 aromatic heterocycles. The normalized spacial score (nSPS) is 24.9. The van der Waals surface area contributed by atoms with Gasteiger partial charge in [0.25, 0.3) is 0 Å². The summed E-state index contributed by atoms with van der Waals surface area (Å²) < 4.78 is 1.41. The van der Waals surface area contributed by atoms with Crippen molar-refractivity contribution < 1.29 is 0 Å².